The lowest BCUT2D eigenvalue weighted by Gasteiger charge is -2.43. The maximum atomic E-state index is 13.1. The molecule has 1 aromatic carbocycles. The van der Waals surface area contributed by atoms with E-state index in [4.69, 9.17) is 9.72 Å². The summed E-state index contributed by atoms with van der Waals surface area (Å²) in [4.78, 5) is 26.6. The van der Waals surface area contributed by atoms with Crippen LogP contribution in [0.3, 0.4) is 0 Å². The Hall–Kier alpha value is -2.96. The third-order valence-electron chi connectivity index (χ3n) is 8.07. The van der Waals surface area contributed by atoms with E-state index in [2.05, 4.69) is 21.7 Å². The van der Waals surface area contributed by atoms with Crippen LogP contribution in [0.25, 0.3) is 11.2 Å². The van der Waals surface area contributed by atoms with Crippen molar-refractivity contribution in [1.82, 2.24) is 24.0 Å². The number of aliphatic hydroxyl groups is 1. The number of fused-ring (bicyclic) bond motifs is 1. The van der Waals surface area contributed by atoms with Gasteiger partial charge in [0, 0.05) is 45.4 Å². The number of aromatic nitrogens is 4. The average Bonchev–Trinajstić information content (AvgIpc) is 3.50. The van der Waals surface area contributed by atoms with E-state index in [1.54, 1.807) is 19.2 Å². The minimum atomic E-state index is -4.36. The summed E-state index contributed by atoms with van der Waals surface area (Å²) in [5.41, 5.74) is 1.07. The normalized spacial score (nSPS) is 22.6. The second kappa shape index (κ2) is 12.5. The zero-order valence-electron chi connectivity index (χ0n) is 24.6. The Kier molecular flexibility index (Phi) is 9.45. The molecule has 4 unspecified atom stereocenters. The molecule has 12 heteroatoms. The molecule has 41 heavy (non-hydrogen) atoms. The summed E-state index contributed by atoms with van der Waals surface area (Å²) in [5.74, 6) is 1.23. The molecule has 0 radical (unpaired) electrons. The Bertz CT molecular complexity index is 1390. The summed E-state index contributed by atoms with van der Waals surface area (Å²) in [6, 6.07) is 5.39. The zero-order valence-corrected chi connectivity index (χ0v) is 24.6. The third kappa shape index (κ3) is 6.14. The van der Waals surface area contributed by atoms with Gasteiger partial charge < -0.3 is 19.3 Å². The third-order valence-corrected chi connectivity index (χ3v) is 8.07. The van der Waals surface area contributed by atoms with Crippen LogP contribution in [-0.2, 0) is 24.5 Å². The molecule has 0 amide bonds. The molecule has 226 valence electrons. The highest BCUT2D eigenvalue weighted by Crippen LogP contribution is 2.34. The molecule has 4 atom stereocenters. The van der Waals surface area contributed by atoms with Gasteiger partial charge in [0.15, 0.2) is 5.82 Å². The minimum absolute atomic E-state index is 0.0181. The van der Waals surface area contributed by atoms with Gasteiger partial charge in [-0.05, 0) is 44.4 Å². The van der Waals surface area contributed by atoms with E-state index in [-0.39, 0.29) is 18.2 Å². The molecule has 2 aliphatic heterocycles. The van der Waals surface area contributed by atoms with Crippen LogP contribution in [0.1, 0.15) is 63.5 Å². The number of imidazole rings is 1. The standard InChI is InChI=1S/C27H35F3N6O3.C2H6/c1-5-20(18-6-8-19(9-7-18)27(28,29)30)34-11-12-35(16(2)14-34)24-23-25(33(4)26(38)32-24)36(17(3)31-23)15-22-21(37)10-13-39-22;1-2/h6-9,16,20-22,37H,5,10-15H2,1-4H3;1-2H3. The van der Waals surface area contributed by atoms with Crippen molar-refractivity contribution in [2.24, 2.45) is 7.05 Å². The fourth-order valence-electron chi connectivity index (χ4n) is 5.95. The Balaban J connectivity index is 0.00000189. The lowest BCUT2D eigenvalue weighted by molar-refractivity contribution is -0.137. The highest BCUT2D eigenvalue weighted by atomic mass is 19.4. The number of rotatable bonds is 6. The topological polar surface area (TPSA) is 88.7 Å². The van der Waals surface area contributed by atoms with E-state index in [1.807, 2.05) is 32.3 Å². The molecule has 0 spiro atoms. The Morgan fingerprint density at radius 2 is 1.83 bits per heavy atom. The van der Waals surface area contributed by atoms with E-state index in [0.717, 1.165) is 24.1 Å². The second-order valence-corrected chi connectivity index (χ2v) is 10.6. The molecule has 4 heterocycles. The summed E-state index contributed by atoms with van der Waals surface area (Å²) in [5, 5.41) is 10.3. The Labute approximate surface area is 238 Å². The van der Waals surface area contributed by atoms with E-state index >= 15 is 0 Å². The number of halogens is 3. The number of alkyl halides is 3. The lowest BCUT2D eigenvalue weighted by atomic mass is 9.99. The molecule has 2 fully saturated rings. The zero-order chi connectivity index (χ0) is 30.1. The molecule has 3 aromatic rings. The summed E-state index contributed by atoms with van der Waals surface area (Å²) in [6.07, 6.45) is -3.96. The van der Waals surface area contributed by atoms with Crippen molar-refractivity contribution >= 4 is 17.0 Å². The fraction of sp³-hybridized carbons (Fsp3) is 0.621. The monoisotopic (exact) mass is 578 g/mol. The maximum Gasteiger partial charge on any atom is 0.416 e. The number of hydrogen-bond donors (Lipinski definition) is 1. The molecule has 9 nitrogen and oxygen atoms in total. The van der Waals surface area contributed by atoms with Crippen molar-refractivity contribution in [3.05, 3.63) is 51.7 Å². The fourth-order valence-corrected chi connectivity index (χ4v) is 5.95. The highest BCUT2D eigenvalue weighted by Gasteiger charge is 2.34. The van der Waals surface area contributed by atoms with E-state index < -0.39 is 23.5 Å². The Morgan fingerprint density at radius 1 is 1.15 bits per heavy atom. The number of anilines is 1. The van der Waals surface area contributed by atoms with Crippen molar-refractivity contribution in [3.8, 4) is 0 Å². The van der Waals surface area contributed by atoms with Gasteiger partial charge >= 0.3 is 11.9 Å². The quantitative estimate of drug-likeness (QED) is 0.467. The summed E-state index contributed by atoms with van der Waals surface area (Å²) in [6.45, 7) is 12.7. The molecule has 5 rings (SSSR count). The van der Waals surface area contributed by atoms with Gasteiger partial charge in [-0.1, -0.05) is 32.9 Å². The van der Waals surface area contributed by atoms with Crippen LogP contribution < -0.4 is 10.6 Å². The van der Waals surface area contributed by atoms with Crippen molar-refractivity contribution < 1.29 is 23.0 Å². The minimum Gasteiger partial charge on any atom is -0.390 e. The van der Waals surface area contributed by atoms with Gasteiger partial charge in [-0.2, -0.15) is 18.2 Å². The van der Waals surface area contributed by atoms with Crippen LogP contribution in [0.4, 0.5) is 19.0 Å². The van der Waals surface area contributed by atoms with Crippen LogP contribution in [0.15, 0.2) is 29.1 Å². The number of hydrogen-bond acceptors (Lipinski definition) is 7. The second-order valence-electron chi connectivity index (χ2n) is 10.6. The molecule has 0 bridgehead atoms. The van der Waals surface area contributed by atoms with E-state index in [1.165, 1.54) is 4.57 Å². The van der Waals surface area contributed by atoms with Crippen molar-refractivity contribution in [1.29, 1.82) is 0 Å². The maximum absolute atomic E-state index is 13.1. The number of nitrogens with zero attached hydrogens (tertiary/aromatic N) is 6. The van der Waals surface area contributed by atoms with Crippen LogP contribution in [0.5, 0.6) is 0 Å². The Morgan fingerprint density at radius 3 is 2.39 bits per heavy atom. The van der Waals surface area contributed by atoms with Gasteiger partial charge in [-0.3, -0.25) is 9.47 Å². The van der Waals surface area contributed by atoms with Crippen LogP contribution in [0, 0.1) is 6.92 Å². The molecule has 0 saturated carbocycles. The highest BCUT2D eigenvalue weighted by molar-refractivity contribution is 5.84. The molecule has 2 saturated heterocycles. The van der Waals surface area contributed by atoms with Crippen molar-refractivity contribution in [2.75, 3.05) is 31.1 Å². The number of piperazine rings is 1. The van der Waals surface area contributed by atoms with Crippen LogP contribution in [-0.4, -0.2) is 73.6 Å². The first-order valence-electron chi connectivity index (χ1n) is 14.4. The number of benzene rings is 1. The SMILES string of the molecule is CC.CCC(c1ccc(C(F)(F)F)cc1)N1CCN(c2nc(=O)n(C)c3c2nc(C)n3CC2OCCC2O)C(C)C1. The number of aliphatic hydroxyl groups excluding tert-OH is 1. The largest absolute Gasteiger partial charge is 0.416 e. The van der Waals surface area contributed by atoms with Crippen molar-refractivity contribution in [3.63, 3.8) is 0 Å². The molecule has 2 aliphatic rings. The summed E-state index contributed by atoms with van der Waals surface area (Å²) < 4.78 is 48.3. The first-order chi connectivity index (χ1) is 19.5. The van der Waals surface area contributed by atoms with Gasteiger partial charge in [0.25, 0.3) is 0 Å². The molecular formula is C29H41F3N6O3. The molecular weight excluding hydrogens is 537 g/mol. The molecule has 1 N–H and O–H groups in total. The predicted molar refractivity (Wildman–Crippen MR) is 152 cm³/mol. The summed E-state index contributed by atoms with van der Waals surface area (Å²) in [7, 11) is 1.67. The smallest absolute Gasteiger partial charge is 0.390 e. The average molecular weight is 579 g/mol. The van der Waals surface area contributed by atoms with Gasteiger partial charge in [0.2, 0.25) is 0 Å². The van der Waals surface area contributed by atoms with Gasteiger partial charge in [0.1, 0.15) is 23.1 Å². The van der Waals surface area contributed by atoms with Gasteiger partial charge in [-0.15, -0.1) is 0 Å². The first kappa shape index (κ1) is 31.0. The van der Waals surface area contributed by atoms with E-state index in [0.29, 0.717) is 62.0 Å². The molecule has 0 aliphatic carbocycles. The molecule has 2 aromatic heterocycles. The summed E-state index contributed by atoms with van der Waals surface area (Å²) >= 11 is 0. The lowest BCUT2D eigenvalue weighted by Crippen LogP contribution is -2.53. The predicted octanol–water partition coefficient (Wildman–Crippen LogP) is 4.30. The van der Waals surface area contributed by atoms with Gasteiger partial charge in [0.05, 0.1) is 18.2 Å². The first-order valence-corrected chi connectivity index (χ1v) is 14.4. The van der Waals surface area contributed by atoms with Gasteiger partial charge in [-0.25, -0.2) is 9.78 Å². The van der Waals surface area contributed by atoms with E-state index in [9.17, 15) is 23.1 Å². The number of aryl methyl sites for hydroxylation is 2. The van der Waals surface area contributed by atoms with Crippen LogP contribution in [0.2, 0.25) is 0 Å². The number of ether oxygens (including phenoxy) is 1. The van der Waals surface area contributed by atoms with Crippen molar-refractivity contribution in [2.45, 2.75) is 84.5 Å². The van der Waals surface area contributed by atoms with Crippen LogP contribution >= 0.6 is 0 Å².